The van der Waals surface area contributed by atoms with Gasteiger partial charge >= 0.3 is 5.97 Å². The van der Waals surface area contributed by atoms with Crippen LogP contribution >= 0.6 is 0 Å². The summed E-state index contributed by atoms with van der Waals surface area (Å²) in [5, 5.41) is 11.3. The fraction of sp³-hybridized carbons (Fsp3) is 0.200. The highest BCUT2D eigenvalue weighted by atomic mass is 32.2. The second-order valence-corrected chi connectivity index (χ2v) is 8.35. The molecule has 1 saturated heterocycles. The molecule has 7 nitrogen and oxygen atoms in total. The molecule has 0 radical (unpaired) electrons. The molecule has 2 N–H and O–H groups in total. The van der Waals surface area contributed by atoms with Crippen molar-refractivity contribution in [2.24, 2.45) is 0 Å². The van der Waals surface area contributed by atoms with Crippen LogP contribution in [0.2, 0.25) is 0 Å². The first kappa shape index (κ1) is 20.7. The molecule has 3 rings (SSSR count). The summed E-state index contributed by atoms with van der Waals surface area (Å²) in [6.07, 6.45) is 3.23. The lowest BCUT2D eigenvalue weighted by atomic mass is 10.1. The highest BCUT2D eigenvalue weighted by molar-refractivity contribution is 7.89. The number of aliphatic carboxylic acids is 1. The van der Waals surface area contributed by atoms with Gasteiger partial charge in [-0.15, -0.1) is 0 Å². The Labute approximate surface area is 167 Å². The van der Waals surface area contributed by atoms with Gasteiger partial charge in [-0.2, -0.15) is 4.31 Å². The molecule has 1 amide bonds. The van der Waals surface area contributed by atoms with Crippen LogP contribution in [-0.4, -0.2) is 42.3 Å². The molecule has 2 aromatic carbocycles. The van der Waals surface area contributed by atoms with Gasteiger partial charge < -0.3 is 10.4 Å². The van der Waals surface area contributed by atoms with Crippen molar-refractivity contribution in [1.29, 1.82) is 0 Å². The van der Waals surface area contributed by atoms with Crippen molar-refractivity contribution in [1.82, 2.24) is 4.31 Å². The molecule has 0 spiro atoms. The molecule has 29 heavy (non-hydrogen) atoms. The lowest BCUT2D eigenvalue weighted by molar-refractivity contribution is -0.131. The van der Waals surface area contributed by atoms with Gasteiger partial charge in [0.2, 0.25) is 15.9 Å². The van der Waals surface area contributed by atoms with E-state index in [1.165, 1.54) is 24.3 Å². The average Bonchev–Trinajstić information content (AvgIpc) is 3.18. The monoisotopic (exact) mass is 418 g/mol. The number of halogens is 1. The maximum atomic E-state index is 14.0. The van der Waals surface area contributed by atoms with Crippen LogP contribution in [0.25, 0.3) is 6.08 Å². The zero-order valence-electron chi connectivity index (χ0n) is 15.3. The predicted molar refractivity (Wildman–Crippen MR) is 105 cm³/mol. The van der Waals surface area contributed by atoms with Gasteiger partial charge in [0.15, 0.2) is 0 Å². The van der Waals surface area contributed by atoms with Gasteiger partial charge in [-0.3, -0.25) is 4.79 Å². The number of rotatable bonds is 6. The van der Waals surface area contributed by atoms with Crippen LogP contribution in [0.4, 0.5) is 10.1 Å². The van der Waals surface area contributed by atoms with Crippen LogP contribution in [0.15, 0.2) is 59.5 Å². The quantitative estimate of drug-likeness (QED) is 0.702. The van der Waals surface area contributed by atoms with Crippen molar-refractivity contribution in [3.05, 3.63) is 66.0 Å². The number of carboxylic acids is 1. The SMILES string of the molecule is O=C(O)C=Cc1ccc(NC(=O)C2CCCN2S(=O)(=O)c2ccccc2F)cc1. The van der Waals surface area contributed by atoms with Gasteiger partial charge in [0.1, 0.15) is 16.8 Å². The maximum Gasteiger partial charge on any atom is 0.328 e. The number of amides is 1. The van der Waals surface area contributed by atoms with Gasteiger partial charge in [-0.1, -0.05) is 24.3 Å². The first-order chi connectivity index (χ1) is 13.8. The Morgan fingerprint density at radius 1 is 1.14 bits per heavy atom. The summed E-state index contributed by atoms with van der Waals surface area (Å²) in [5.41, 5.74) is 1.08. The second-order valence-electron chi connectivity index (χ2n) is 6.49. The van der Waals surface area contributed by atoms with Crippen molar-refractivity contribution in [3.63, 3.8) is 0 Å². The highest BCUT2D eigenvalue weighted by Gasteiger charge is 2.40. The largest absolute Gasteiger partial charge is 0.478 e. The van der Waals surface area contributed by atoms with E-state index >= 15 is 0 Å². The zero-order chi connectivity index (χ0) is 21.0. The maximum absolute atomic E-state index is 14.0. The van der Waals surface area contributed by atoms with Gasteiger partial charge in [0, 0.05) is 18.3 Å². The summed E-state index contributed by atoms with van der Waals surface area (Å²) >= 11 is 0. The van der Waals surface area contributed by atoms with Gasteiger partial charge in [0.05, 0.1) is 0 Å². The van der Waals surface area contributed by atoms with Crippen LogP contribution in [0.1, 0.15) is 18.4 Å². The van der Waals surface area contributed by atoms with E-state index in [2.05, 4.69) is 5.32 Å². The normalized spacial score (nSPS) is 17.5. The molecule has 1 atom stereocenters. The van der Waals surface area contributed by atoms with Crippen molar-refractivity contribution in [2.75, 3.05) is 11.9 Å². The number of carbonyl (C=O) groups is 2. The fourth-order valence-corrected chi connectivity index (χ4v) is 4.86. The minimum atomic E-state index is -4.15. The van der Waals surface area contributed by atoms with E-state index in [1.54, 1.807) is 24.3 Å². The van der Waals surface area contributed by atoms with Gasteiger partial charge in [-0.25, -0.2) is 17.6 Å². The summed E-state index contributed by atoms with van der Waals surface area (Å²) in [7, 11) is -4.15. The number of benzene rings is 2. The third-order valence-electron chi connectivity index (χ3n) is 4.53. The van der Waals surface area contributed by atoms with Crippen molar-refractivity contribution in [2.45, 2.75) is 23.8 Å². The van der Waals surface area contributed by atoms with Gasteiger partial charge in [0.25, 0.3) is 0 Å². The minimum Gasteiger partial charge on any atom is -0.478 e. The van der Waals surface area contributed by atoms with Gasteiger partial charge in [-0.05, 0) is 48.7 Å². The first-order valence-electron chi connectivity index (χ1n) is 8.87. The van der Waals surface area contributed by atoms with Crippen LogP contribution in [-0.2, 0) is 19.6 Å². The molecular formula is C20H19FN2O5S. The summed E-state index contributed by atoms with van der Waals surface area (Å²) < 4.78 is 40.7. The molecule has 1 aliphatic rings. The molecule has 0 saturated carbocycles. The zero-order valence-corrected chi connectivity index (χ0v) is 16.1. The Hall–Kier alpha value is -3.04. The molecule has 152 valence electrons. The molecule has 1 unspecified atom stereocenters. The molecule has 0 bridgehead atoms. The third kappa shape index (κ3) is 4.69. The number of nitrogens with one attached hydrogen (secondary N) is 1. The molecule has 0 aromatic heterocycles. The summed E-state index contributed by atoms with van der Waals surface area (Å²) in [4.78, 5) is 22.8. The van der Waals surface area contributed by atoms with Crippen LogP contribution < -0.4 is 5.32 Å². The van der Waals surface area contributed by atoms with E-state index in [1.807, 2.05) is 0 Å². The number of hydrogen-bond donors (Lipinski definition) is 2. The summed E-state index contributed by atoms with van der Waals surface area (Å²) in [5.74, 6) is -2.43. The Kier molecular flexibility index (Phi) is 6.09. The first-order valence-corrected chi connectivity index (χ1v) is 10.3. The lowest BCUT2D eigenvalue weighted by Crippen LogP contribution is -2.43. The Balaban J connectivity index is 1.75. The topological polar surface area (TPSA) is 104 Å². The fourth-order valence-electron chi connectivity index (χ4n) is 3.14. The number of nitrogens with zero attached hydrogens (tertiary/aromatic N) is 1. The van der Waals surface area contributed by atoms with Crippen molar-refractivity contribution < 1.29 is 27.5 Å². The summed E-state index contributed by atoms with van der Waals surface area (Å²) in [6.45, 7) is 0.133. The molecule has 1 aliphatic heterocycles. The summed E-state index contributed by atoms with van der Waals surface area (Å²) in [6, 6.07) is 10.6. The van der Waals surface area contributed by atoms with Crippen LogP contribution in [0.5, 0.6) is 0 Å². The van der Waals surface area contributed by atoms with E-state index in [9.17, 15) is 22.4 Å². The molecule has 0 aliphatic carbocycles. The minimum absolute atomic E-state index is 0.133. The molecule has 9 heteroatoms. The molecule has 1 fully saturated rings. The second kappa shape index (κ2) is 8.54. The number of hydrogen-bond acceptors (Lipinski definition) is 4. The predicted octanol–water partition coefficient (Wildman–Crippen LogP) is 2.72. The van der Waals surface area contributed by atoms with Crippen molar-refractivity contribution in [3.8, 4) is 0 Å². The van der Waals surface area contributed by atoms with E-state index in [0.29, 0.717) is 24.1 Å². The van der Waals surface area contributed by atoms with E-state index < -0.39 is 38.7 Å². The Morgan fingerprint density at radius 2 is 1.83 bits per heavy atom. The smallest absolute Gasteiger partial charge is 0.328 e. The molecule has 1 heterocycles. The van der Waals surface area contributed by atoms with Crippen LogP contribution in [0, 0.1) is 5.82 Å². The van der Waals surface area contributed by atoms with Crippen molar-refractivity contribution >= 4 is 33.7 Å². The number of carbonyl (C=O) groups excluding carboxylic acids is 1. The number of anilines is 1. The third-order valence-corrected chi connectivity index (χ3v) is 6.47. The molecular weight excluding hydrogens is 399 g/mol. The van der Waals surface area contributed by atoms with Crippen LogP contribution in [0.3, 0.4) is 0 Å². The highest BCUT2D eigenvalue weighted by Crippen LogP contribution is 2.28. The standard InChI is InChI=1S/C20H19FN2O5S/c21-16-4-1-2-6-18(16)29(27,28)23-13-3-5-17(23)20(26)22-15-10-7-14(8-11-15)9-12-19(24)25/h1-2,4,6-12,17H,3,5,13H2,(H,22,26)(H,24,25). The number of carboxylic acid groups (broad SMARTS) is 1. The lowest BCUT2D eigenvalue weighted by Gasteiger charge is -2.23. The van der Waals surface area contributed by atoms with E-state index in [-0.39, 0.29) is 6.54 Å². The van der Waals surface area contributed by atoms with E-state index in [0.717, 1.165) is 16.4 Å². The van der Waals surface area contributed by atoms with E-state index in [4.69, 9.17) is 5.11 Å². The Morgan fingerprint density at radius 3 is 2.48 bits per heavy atom. The number of sulfonamides is 1. The molecule has 2 aromatic rings. The Bertz CT molecular complexity index is 1050. The average molecular weight is 418 g/mol.